The average molecular weight is 470 g/mol. The van der Waals surface area contributed by atoms with Gasteiger partial charge in [0.15, 0.2) is 5.82 Å². The van der Waals surface area contributed by atoms with Crippen LogP contribution in [0.1, 0.15) is 62.2 Å². The van der Waals surface area contributed by atoms with Gasteiger partial charge in [-0.2, -0.15) is 5.10 Å². The minimum Gasteiger partial charge on any atom is -0.261 e. The molecule has 2 aliphatic rings. The Kier molecular flexibility index (Phi) is 4.82. The van der Waals surface area contributed by atoms with Crippen molar-refractivity contribution in [2.75, 3.05) is 0 Å². The van der Waals surface area contributed by atoms with Crippen LogP contribution in [-0.4, -0.2) is 25.1 Å². The highest BCUT2D eigenvalue weighted by molar-refractivity contribution is 5.64. The number of aromatic nitrogens is 5. The Morgan fingerprint density at radius 2 is 1.74 bits per heavy atom. The summed E-state index contributed by atoms with van der Waals surface area (Å²) in [7, 11) is 0. The van der Waals surface area contributed by atoms with Crippen LogP contribution in [0.2, 0.25) is 0 Å². The predicted octanol–water partition coefficient (Wildman–Crippen LogP) is 6.04. The van der Waals surface area contributed by atoms with E-state index in [0.717, 1.165) is 47.5 Å². The summed E-state index contributed by atoms with van der Waals surface area (Å²) in [5.41, 5.74) is 4.12. The first-order chi connectivity index (χ1) is 16.9. The Balaban J connectivity index is 1.51. The first-order valence-corrected chi connectivity index (χ1v) is 12.0. The molecular formula is C28H25F2N5. The quantitative estimate of drug-likeness (QED) is 0.365. The highest BCUT2D eigenvalue weighted by Gasteiger charge is 2.65. The van der Waals surface area contributed by atoms with Gasteiger partial charge in [-0.15, -0.1) is 5.10 Å². The highest BCUT2D eigenvalue weighted by Crippen LogP contribution is 2.69. The van der Waals surface area contributed by atoms with Crippen LogP contribution < -0.4 is 0 Å². The molecule has 0 radical (unpaired) electrons. The number of pyridine rings is 1. The number of fused-ring (bicyclic) bond motifs is 5. The van der Waals surface area contributed by atoms with Crippen LogP contribution in [0.25, 0.3) is 22.6 Å². The van der Waals surface area contributed by atoms with Gasteiger partial charge in [-0.1, -0.05) is 26.8 Å². The molecule has 0 saturated heterocycles. The molecule has 0 unspecified atom stereocenters. The topological polar surface area (TPSA) is 64.5 Å². The van der Waals surface area contributed by atoms with Gasteiger partial charge in [-0.25, -0.2) is 18.7 Å². The van der Waals surface area contributed by atoms with Gasteiger partial charge in [0.1, 0.15) is 11.6 Å². The average Bonchev–Trinajstić information content (AvgIpc) is 3.25. The highest BCUT2D eigenvalue weighted by atomic mass is 19.1. The zero-order valence-electron chi connectivity index (χ0n) is 19.9. The summed E-state index contributed by atoms with van der Waals surface area (Å²) in [5, 5.41) is 8.94. The lowest BCUT2D eigenvalue weighted by Gasteiger charge is -2.37. The van der Waals surface area contributed by atoms with Crippen molar-refractivity contribution in [1.82, 2.24) is 25.1 Å². The molecule has 1 fully saturated rings. The molecular weight excluding hydrogens is 444 g/mol. The van der Waals surface area contributed by atoms with E-state index in [1.807, 2.05) is 24.3 Å². The number of halogens is 2. The van der Waals surface area contributed by atoms with Gasteiger partial charge in [0.25, 0.3) is 0 Å². The minimum atomic E-state index is -0.638. The number of aryl methyl sites for hydroxylation is 1. The van der Waals surface area contributed by atoms with E-state index in [1.165, 1.54) is 18.2 Å². The van der Waals surface area contributed by atoms with E-state index in [0.29, 0.717) is 5.82 Å². The lowest BCUT2D eigenvalue weighted by Crippen LogP contribution is -2.38. The van der Waals surface area contributed by atoms with Gasteiger partial charge in [0, 0.05) is 23.7 Å². The van der Waals surface area contributed by atoms with Gasteiger partial charge < -0.3 is 0 Å². The summed E-state index contributed by atoms with van der Waals surface area (Å²) in [6, 6.07) is 11.6. The zero-order valence-corrected chi connectivity index (χ0v) is 19.9. The Bertz CT molecular complexity index is 1450. The van der Waals surface area contributed by atoms with Gasteiger partial charge in [-0.3, -0.25) is 4.98 Å². The summed E-state index contributed by atoms with van der Waals surface area (Å²) in [4.78, 5) is 14.0. The molecule has 6 rings (SSSR count). The molecule has 2 aliphatic carbocycles. The van der Waals surface area contributed by atoms with Crippen molar-refractivity contribution in [3.05, 3.63) is 89.1 Å². The number of benzene rings is 1. The lowest BCUT2D eigenvalue weighted by atomic mass is 9.66. The lowest BCUT2D eigenvalue weighted by molar-refractivity contribution is 0.243. The van der Waals surface area contributed by atoms with Crippen molar-refractivity contribution in [1.29, 1.82) is 0 Å². The third-order valence-electron chi connectivity index (χ3n) is 8.13. The monoisotopic (exact) mass is 469 g/mol. The Morgan fingerprint density at radius 3 is 2.51 bits per heavy atom. The maximum atomic E-state index is 14.5. The largest absolute Gasteiger partial charge is 0.261 e. The molecule has 0 spiro atoms. The molecule has 35 heavy (non-hydrogen) atoms. The first-order valence-electron chi connectivity index (χ1n) is 12.0. The molecule has 1 saturated carbocycles. The predicted molar refractivity (Wildman–Crippen MR) is 129 cm³/mol. The van der Waals surface area contributed by atoms with E-state index >= 15 is 0 Å². The van der Waals surface area contributed by atoms with Crippen LogP contribution in [0.3, 0.4) is 0 Å². The van der Waals surface area contributed by atoms with Crippen molar-refractivity contribution in [2.24, 2.45) is 5.41 Å². The van der Waals surface area contributed by atoms with E-state index in [9.17, 15) is 8.78 Å². The Labute approximate surface area is 202 Å². The van der Waals surface area contributed by atoms with E-state index in [-0.39, 0.29) is 22.6 Å². The summed E-state index contributed by atoms with van der Waals surface area (Å²) < 4.78 is 29.0. The summed E-state index contributed by atoms with van der Waals surface area (Å²) in [6.07, 6.45) is 6.25. The fraction of sp³-hybridized carbons (Fsp3) is 0.321. The second kappa shape index (κ2) is 7.70. The molecule has 2 bridgehead atoms. The van der Waals surface area contributed by atoms with Crippen LogP contribution in [0.15, 0.2) is 54.9 Å². The molecule has 176 valence electrons. The van der Waals surface area contributed by atoms with Crippen molar-refractivity contribution in [3.8, 4) is 22.6 Å². The second-order valence-electron chi connectivity index (χ2n) is 10.0. The molecule has 1 aromatic carbocycles. The van der Waals surface area contributed by atoms with Crippen molar-refractivity contribution >= 4 is 0 Å². The molecule has 0 amide bonds. The Morgan fingerprint density at radius 1 is 0.971 bits per heavy atom. The smallest absolute Gasteiger partial charge is 0.159 e. The molecule has 3 heterocycles. The first kappa shape index (κ1) is 21.9. The summed E-state index contributed by atoms with van der Waals surface area (Å²) >= 11 is 0. The van der Waals surface area contributed by atoms with Crippen molar-refractivity contribution in [2.45, 2.75) is 51.4 Å². The molecule has 0 aliphatic heterocycles. The second-order valence-corrected chi connectivity index (χ2v) is 10.0. The standard InChI is InChI=1S/C28H25F2N5/c1-4-17-14-16(9-12-31-17)26-32-13-10-23(33-26)28-11-8-19(27(28,2)3)18-15-22(34-35-25(18)28)24-20(29)6-5-7-21(24)30/h5-7,9-10,12-15,19H,4,8,11H2,1-3H3/t19-,28-/m0/s1. The van der Waals surface area contributed by atoms with Crippen molar-refractivity contribution < 1.29 is 8.78 Å². The van der Waals surface area contributed by atoms with Gasteiger partial charge in [0.2, 0.25) is 0 Å². The van der Waals surface area contributed by atoms with Crippen LogP contribution in [-0.2, 0) is 11.8 Å². The van der Waals surface area contributed by atoms with Crippen LogP contribution in [0, 0.1) is 17.0 Å². The Hall–Kier alpha value is -3.61. The van der Waals surface area contributed by atoms with E-state index in [4.69, 9.17) is 4.98 Å². The molecule has 3 aromatic heterocycles. The minimum absolute atomic E-state index is 0.133. The third-order valence-corrected chi connectivity index (χ3v) is 8.13. The summed E-state index contributed by atoms with van der Waals surface area (Å²) in [5.74, 6) is -0.437. The molecule has 0 N–H and O–H groups in total. The fourth-order valence-electron chi connectivity index (χ4n) is 6.30. The van der Waals surface area contributed by atoms with Crippen molar-refractivity contribution in [3.63, 3.8) is 0 Å². The molecule has 5 nitrogen and oxygen atoms in total. The number of hydrogen-bond acceptors (Lipinski definition) is 5. The van der Waals surface area contributed by atoms with E-state index < -0.39 is 17.0 Å². The third kappa shape index (κ3) is 3.00. The number of nitrogens with zero attached hydrogens (tertiary/aromatic N) is 5. The van der Waals surface area contributed by atoms with Crippen LogP contribution in [0.4, 0.5) is 8.78 Å². The summed E-state index contributed by atoms with van der Waals surface area (Å²) in [6.45, 7) is 6.54. The van der Waals surface area contributed by atoms with Crippen LogP contribution >= 0.6 is 0 Å². The number of hydrogen-bond donors (Lipinski definition) is 0. The van der Waals surface area contributed by atoms with Gasteiger partial charge in [0.05, 0.1) is 28.1 Å². The maximum absolute atomic E-state index is 14.5. The normalized spacial score (nSPS) is 21.8. The fourth-order valence-corrected chi connectivity index (χ4v) is 6.30. The molecule has 4 aromatic rings. The van der Waals surface area contributed by atoms with Gasteiger partial charge in [-0.05, 0) is 72.6 Å². The van der Waals surface area contributed by atoms with Gasteiger partial charge >= 0.3 is 0 Å². The van der Waals surface area contributed by atoms with E-state index in [2.05, 4.69) is 40.9 Å². The number of rotatable bonds is 4. The van der Waals surface area contributed by atoms with E-state index in [1.54, 1.807) is 12.4 Å². The SMILES string of the molecule is CCc1cc(-c2nccc([C@@]34CC[C@@H](c5cc(-c6c(F)cccc6F)nnc53)C4(C)C)n2)ccn1. The molecule has 7 heteroatoms. The van der Waals surface area contributed by atoms with Crippen LogP contribution in [0.5, 0.6) is 0 Å². The maximum Gasteiger partial charge on any atom is 0.159 e. The zero-order chi connectivity index (χ0) is 24.4. The molecule has 2 atom stereocenters.